The Balaban J connectivity index is 1.76. The third-order valence-electron chi connectivity index (χ3n) is 7.24. The minimum atomic E-state index is -4.09. The molecule has 2 atom stereocenters. The summed E-state index contributed by atoms with van der Waals surface area (Å²) in [7, 11) is -2.65. The molecule has 1 fully saturated rings. The fourth-order valence-corrected chi connectivity index (χ4v) is 6.82. The van der Waals surface area contributed by atoms with E-state index in [1.807, 2.05) is 40.7 Å². The molecule has 1 saturated heterocycles. The first-order valence-corrected chi connectivity index (χ1v) is 14.3. The summed E-state index contributed by atoms with van der Waals surface area (Å²) in [4.78, 5) is 42.0. The maximum Gasteiger partial charge on any atom is 0.318 e. The molecule has 3 heterocycles. The molecule has 0 radical (unpaired) electrons. The van der Waals surface area contributed by atoms with Crippen molar-refractivity contribution in [2.45, 2.75) is 76.8 Å². The summed E-state index contributed by atoms with van der Waals surface area (Å²) >= 11 is 0. The number of ether oxygens (including phenoxy) is 1. The van der Waals surface area contributed by atoms with Crippen molar-refractivity contribution < 1.29 is 22.7 Å². The van der Waals surface area contributed by atoms with E-state index in [0.717, 1.165) is 23.5 Å². The highest BCUT2D eigenvalue weighted by Gasteiger charge is 2.58. The van der Waals surface area contributed by atoms with E-state index in [1.54, 1.807) is 18.2 Å². The fourth-order valence-electron chi connectivity index (χ4n) is 5.58. The molecule has 11 heteroatoms. The normalized spacial score (nSPS) is 18.5. The van der Waals surface area contributed by atoms with Gasteiger partial charge in [-0.25, -0.2) is 15.0 Å². The number of hydrogen-bond acceptors (Lipinski definition) is 8. The van der Waals surface area contributed by atoms with Crippen molar-refractivity contribution >= 4 is 38.6 Å². The molecule has 204 valence electrons. The highest BCUT2D eigenvalue weighted by Crippen LogP contribution is 2.49. The van der Waals surface area contributed by atoms with Crippen LogP contribution >= 0.6 is 0 Å². The van der Waals surface area contributed by atoms with Crippen molar-refractivity contribution in [2.75, 3.05) is 11.4 Å². The molecule has 38 heavy (non-hydrogen) atoms. The van der Waals surface area contributed by atoms with Crippen molar-refractivity contribution in [3.8, 4) is 0 Å². The van der Waals surface area contributed by atoms with Gasteiger partial charge in [-0.1, -0.05) is 59.6 Å². The Morgan fingerprint density at radius 1 is 1.11 bits per heavy atom. The molecule has 0 bridgehead atoms. The van der Waals surface area contributed by atoms with E-state index < -0.39 is 38.8 Å². The van der Waals surface area contributed by atoms with E-state index in [4.69, 9.17) is 4.74 Å². The molecule has 2 aromatic heterocycles. The lowest BCUT2D eigenvalue weighted by Gasteiger charge is -2.34. The van der Waals surface area contributed by atoms with Crippen LogP contribution in [0.1, 0.15) is 71.8 Å². The molecule has 1 N–H and O–H groups in total. The molecule has 4 rings (SSSR count). The average molecular weight is 542 g/mol. The quantitative estimate of drug-likeness (QED) is 0.239. The van der Waals surface area contributed by atoms with Gasteiger partial charge in [-0.3, -0.25) is 13.9 Å². The molecule has 3 aromatic rings. The zero-order valence-corrected chi connectivity index (χ0v) is 23.5. The summed E-state index contributed by atoms with van der Waals surface area (Å²) in [6, 6.07) is 6.95. The van der Waals surface area contributed by atoms with Gasteiger partial charge in [0.2, 0.25) is 5.03 Å². The second kappa shape index (κ2) is 10.1. The van der Waals surface area contributed by atoms with Gasteiger partial charge in [0.25, 0.3) is 10.0 Å². The van der Waals surface area contributed by atoms with Crippen molar-refractivity contribution in [1.29, 1.82) is 0 Å². The number of sulfonamides is 1. The van der Waals surface area contributed by atoms with E-state index in [2.05, 4.69) is 19.9 Å². The molecule has 1 aromatic carbocycles. The Kier molecular flexibility index (Phi) is 7.35. The molecule has 0 aliphatic carbocycles. The number of hydrogen-bond donors (Lipinski definition) is 1. The van der Waals surface area contributed by atoms with Gasteiger partial charge < -0.3 is 9.72 Å². The number of fused-ring (bicyclic) bond motifs is 1. The zero-order chi connectivity index (χ0) is 27.9. The summed E-state index contributed by atoms with van der Waals surface area (Å²) in [5, 5.41) is -0.196. The van der Waals surface area contributed by atoms with Crippen LogP contribution in [0.5, 0.6) is 0 Å². The largest absolute Gasteiger partial charge is 0.450 e. The summed E-state index contributed by atoms with van der Waals surface area (Å²) in [6.07, 6.45) is 4.93. The lowest BCUT2D eigenvalue weighted by molar-refractivity contribution is -0.154. The number of cyclic esters (lactones) is 1. The molecule has 1 aliphatic heterocycles. The van der Waals surface area contributed by atoms with E-state index in [-0.39, 0.29) is 22.0 Å². The number of aromatic amines is 1. The number of nitrogens with one attached hydrogen (secondary N) is 1. The number of Topliss-reactive ketones (excluding diaryl/α,β-unsaturated/α-hetero) is 1. The van der Waals surface area contributed by atoms with Crippen LogP contribution in [-0.4, -0.2) is 52.8 Å². The minimum absolute atomic E-state index is 0.180. The molecular formula is C27H35N5O5S. The van der Waals surface area contributed by atoms with Gasteiger partial charge >= 0.3 is 5.97 Å². The number of carbonyl (C=O) groups is 2. The average Bonchev–Trinajstić information content (AvgIpc) is 3.42. The Morgan fingerprint density at radius 2 is 1.79 bits per heavy atom. The number of esters is 1. The Bertz CT molecular complexity index is 1450. The summed E-state index contributed by atoms with van der Waals surface area (Å²) in [5.41, 5.74) is -0.0890. The Labute approximate surface area is 223 Å². The number of nitrogens with zero attached hydrogens (tertiary/aromatic N) is 4. The van der Waals surface area contributed by atoms with Crippen LogP contribution in [0.15, 0.2) is 41.9 Å². The number of rotatable bonds is 9. The van der Waals surface area contributed by atoms with Crippen LogP contribution in [0, 0.1) is 11.3 Å². The smallest absolute Gasteiger partial charge is 0.318 e. The van der Waals surface area contributed by atoms with Crippen molar-refractivity contribution in [2.24, 2.45) is 11.3 Å². The van der Waals surface area contributed by atoms with Gasteiger partial charge in [0.05, 0.1) is 12.0 Å². The first-order chi connectivity index (χ1) is 17.9. The fraction of sp³-hybridized carbons (Fsp3) is 0.519. The standard InChI is InChI=1S/C27H35N5O5S/c1-7-12-27(13-8-2)22(33)19(25(34)37-27)20(26(3,4)5)17-10-9-11-18(14-17)32(6)38(35,36)24-21-23(29-15-28-21)30-16-31-24/h9-11,14-16,19-20H,7-8,12-13H2,1-6H3,(H,28,29,30,31). The van der Waals surface area contributed by atoms with E-state index in [0.29, 0.717) is 24.1 Å². The highest BCUT2D eigenvalue weighted by molar-refractivity contribution is 7.92. The van der Waals surface area contributed by atoms with Crippen LogP contribution in [0.2, 0.25) is 0 Å². The molecule has 10 nitrogen and oxygen atoms in total. The van der Waals surface area contributed by atoms with Gasteiger partial charge in [0, 0.05) is 13.0 Å². The van der Waals surface area contributed by atoms with Crippen LogP contribution in [0.25, 0.3) is 11.2 Å². The monoisotopic (exact) mass is 541 g/mol. The minimum Gasteiger partial charge on any atom is -0.450 e. The third kappa shape index (κ3) is 4.68. The van der Waals surface area contributed by atoms with Gasteiger partial charge in [-0.05, 0) is 36.0 Å². The molecule has 0 saturated carbocycles. The van der Waals surface area contributed by atoms with Crippen LogP contribution in [0.3, 0.4) is 0 Å². The summed E-state index contributed by atoms with van der Waals surface area (Å²) in [6.45, 7) is 9.87. The molecule has 2 unspecified atom stereocenters. The highest BCUT2D eigenvalue weighted by atomic mass is 32.2. The molecule has 0 spiro atoms. The van der Waals surface area contributed by atoms with E-state index in [9.17, 15) is 18.0 Å². The Hall–Kier alpha value is -3.34. The van der Waals surface area contributed by atoms with Crippen molar-refractivity contribution in [3.05, 3.63) is 42.5 Å². The number of carbonyl (C=O) groups excluding carboxylic acids is 2. The van der Waals surface area contributed by atoms with Crippen molar-refractivity contribution in [3.63, 3.8) is 0 Å². The number of benzene rings is 1. The van der Waals surface area contributed by atoms with Gasteiger partial charge in [-0.15, -0.1) is 0 Å². The van der Waals surface area contributed by atoms with Crippen molar-refractivity contribution in [1.82, 2.24) is 19.9 Å². The summed E-state index contributed by atoms with van der Waals surface area (Å²) < 4.78 is 34.1. The zero-order valence-electron chi connectivity index (χ0n) is 22.7. The number of ketones is 1. The van der Waals surface area contributed by atoms with Crippen LogP contribution < -0.4 is 4.31 Å². The van der Waals surface area contributed by atoms with Crippen LogP contribution in [-0.2, 0) is 24.3 Å². The number of anilines is 1. The maximum absolute atomic E-state index is 13.9. The third-order valence-corrected chi connectivity index (χ3v) is 8.97. The molecule has 0 amide bonds. The maximum atomic E-state index is 13.9. The second-order valence-electron chi connectivity index (χ2n) is 10.9. The number of H-pyrrole nitrogens is 1. The summed E-state index contributed by atoms with van der Waals surface area (Å²) in [5.74, 6) is -2.18. The number of imidazole rings is 1. The molecule has 1 aliphatic rings. The SMILES string of the molecule is CCCC1(CCC)OC(=O)C(C(c2cccc(N(C)S(=O)(=O)c3ncnc4nc[nH]c34)c2)C(C)(C)C)C1=O. The predicted octanol–water partition coefficient (Wildman–Crippen LogP) is 4.39. The van der Waals surface area contributed by atoms with E-state index >= 15 is 0 Å². The lowest BCUT2D eigenvalue weighted by Crippen LogP contribution is -2.40. The number of aromatic nitrogens is 4. The first kappa shape index (κ1) is 27.7. The predicted molar refractivity (Wildman–Crippen MR) is 143 cm³/mol. The lowest BCUT2D eigenvalue weighted by atomic mass is 9.66. The first-order valence-electron chi connectivity index (χ1n) is 12.9. The van der Waals surface area contributed by atoms with Gasteiger partial charge in [-0.2, -0.15) is 8.42 Å². The second-order valence-corrected chi connectivity index (χ2v) is 12.8. The van der Waals surface area contributed by atoms with Gasteiger partial charge in [0.15, 0.2) is 17.0 Å². The topological polar surface area (TPSA) is 135 Å². The molecular weight excluding hydrogens is 506 g/mol. The Morgan fingerprint density at radius 3 is 2.42 bits per heavy atom. The van der Waals surface area contributed by atoms with Gasteiger partial charge in [0.1, 0.15) is 17.8 Å². The van der Waals surface area contributed by atoms with E-state index in [1.165, 1.54) is 13.4 Å². The van der Waals surface area contributed by atoms with Crippen LogP contribution in [0.4, 0.5) is 5.69 Å².